The van der Waals surface area contributed by atoms with Crippen LogP contribution in [0, 0.1) is 10.1 Å². The summed E-state index contributed by atoms with van der Waals surface area (Å²) in [6, 6.07) is 7.17. The Hall–Kier alpha value is -2.63. The number of hydrogen-bond acceptors (Lipinski definition) is 5. The fourth-order valence-corrected chi connectivity index (χ4v) is 3.23. The Bertz CT molecular complexity index is 747. The van der Waals surface area contributed by atoms with Crippen LogP contribution in [0.5, 0.6) is 5.75 Å². The van der Waals surface area contributed by atoms with Crippen molar-refractivity contribution in [3.05, 3.63) is 62.7 Å². The molecule has 0 saturated heterocycles. The molecule has 0 aromatic heterocycles. The van der Waals surface area contributed by atoms with E-state index in [2.05, 4.69) is 0 Å². The highest BCUT2D eigenvalue weighted by atomic mass is 16.6. The minimum absolute atomic E-state index is 0.00768. The van der Waals surface area contributed by atoms with E-state index in [1.54, 1.807) is 25.3 Å². The predicted molar refractivity (Wildman–Crippen MR) is 82.4 cm³/mol. The Balaban J connectivity index is 2.18. The second kappa shape index (κ2) is 5.87. The first-order chi connectivity index (χ1) is 11.0. The van der Waals surface area contributed by atoms with E-state index in [9.17, 15) is 14.9 Å². The average Bonchev–Trinajstić information content (AvgIpc) is 2.54. The molecule has 0 amide bonds. The number of nitrogens with zero attached hydrogens (tertiary/aromatic N) is 1. The summed E-state index contributed by atoms with van der Waals surface area (Å²) in [6.45, 7) is 1.54. The minimum Gasteiger partial charge on any atom is -0.497 e. The third kappa shape index (κ3) is 2.60. The van der Waals surface area contributed by atoms with Crippen molar-refractivity contribution in [1.82, 2.24) is 0 Å². The third-order valence-electron chi connectivity index (χ3n) is 4.26. The molecule has 0 fully saturated rings. The van der Waals surface area contributed by atoms with E-state index in [-0.39, 0.29) is 23.0 Å². The first-order valence-electron chi connectivity index (χ1n) is 7.46. The van der Waals surface area contributed by atoms with Crippen LogP contribution in [0.2, 0.25) is 0 Å². The molecule has 1 aromatic rings. The Morgan fingerprint density at radius 1 is 1.35 bits per heavy atom. The molecule has 23 heavy (non-hydrogen) atoms. The maximum atomic E-state index is 12.2. The number of ether oxygens (including phenoxy) is 2. The molecule has 1 aliphatic heterocycles. The fraction of sp³-hybridized carbons (Fsp3) is 0.353. The molecule has 1 atom stereocenters. The number of nitro groups is 1. The SMILES string of the molecule is COc1cccc([C@@H]2C3=C(OC(C)=C2[N+](=O)[O-])C(=O)CCC3)c1. The van der Waals surface area contributed by atoms with Crippen molar-refractivity contribution < 1.29 is 19.2 Å². The van der Waals surface area contributed by atoms with Gasteiger partial charge in [-0.1, -0.05) is 12.1 Å². The molecule has 1 aromatic carbocycles. The monoisotopic (exact) mass is 315 g/mol. The smallest absolute Gasteiger partial charge is 0.295 e. The molecule has 0 bridgehead atoms. The molecule has 0 unspecified atom stereocenters. The van der Waals surface area contributed by atoms with Gasteiger partial charge in [-0.25, -0.2) is 0 Å². The van der Waals surface area contributed by atoms with Gasteiger partial charge in [0.05, 0.1) is 12.0 Å². The Morgan fingerprint density at radius 3 is 2.83 bits per heavy atom. The maximum absolute atomic E-state index is 12.2. The van der Waals surface area contributed by atoms with Crippen molar-refractivity contribution in [1.29, 1.82) is 0 Å². The number of ketones is 1. The van der Waals surface area contributed by atoms with Crippen LogP contribution in [-0.4, -0.2) is 17.8 Å². The van der Waals surface area contributed by atoms with Gasteiger partial charge in [0.2, 0.25) is 0 Å². The van der Waals surface area contributed by atoms with Crippen molar-refractivity contribution in [3.8, 4) is 5.75 Å². The highest BCUT2D eigenvalue weighted by Gasteiger charge is 2.42. The lowest BCUT2D eigenvalue weighted by Crippen LogP contribution is -2.26. The van der Waals surface area contributed by atoms with Gasteiger partial charge in [0.1, 0.15) is 11.7 Å². The lowest BCUT2D eigenvalue weighted by atomic mass is 9.79. The third-order valence-corrected chi connectivity index (χ3v) is 4.26. The van der Waals surface area contributed by atoms with Crippen LogP contribution in [0.4, 0.5) is 0 Å². The predicted octanol–water partition coefficient (Wildman–Crippen LogP) is 3.32. The number of hydrogen-bond donors (Lipinski definition) is 0. The van der Waals surface area contributed by atoms with Crippen molar-refractivity contribution in [2.24, 2.45) is 0 Å². The van der Waals surface area contributed by atoms with Crippen molar-refractivity contribution in [2.45, 2.75) is 32.1 Å². The van der Waals surface area contributed by atoms with Gasteiger partial charge in [0, 0.05) is 13.3 Å². The van der Waals surface area contributed by atoms with E-state index in [1.165, 1.54) is 6.92 Å². The van der Waals surface area contributed by atoms with Crippen LogP contribution >= 0.6 is 0 Å². The van der Waals surface area contributed by atoms with Gasteiger partial charge in [-0.05, 0) is 36.1 Å². The van der Waals surface area contributed by atoms with Crippen LogP contribution in [-0.2, 0) is 9.53 Å². The average molecular weight is 315 g/mol. The number of methoxy groups -OCH3 is 1. The summed E-state index contributed by atoms with van der Waals surface area (Å²) in [5, 5.41) is 11.6. The van der Waals surface area contributed by atoms with E-state index in [0.717, 1.165) is 5.56 Å². The summed E-state index contributed by atoms with van der Waals surface area (Å²) in [7, 11) is 1.55. The summed E-state index contributed by atoms with van der Waals surface area (Å²) in [6.07, 6.45) is 1.73. The highest BCUT2D eigenvalue weighted by Crippen LogP contribution is 2.45. The van der Waals surface area contributed by atoms with Gasteiger partial charge < -0.3 is 9.47 Å². The van der Waals surface area contributed by atoms with E-state index in [1.807, 2.05) is 6.07 Å². The van der Waals surface area contributed by atoms with Gasteiger partial charge in [-0.3, -0.25) is 14.9 Å². The number of allylic oxidation sites excluding steroid dienone is 3. The van der Waals surface area contributed by atoms with Gasteiger partial charge >= 0.3 is 0 Å². The number of carbonyl (C=O) groups excluding carboxylic acids is 1. The van der Waals surface area contributed by atoms with E-state index in [0.29, 0.717) is 30.6 Å². The van der Waals surface area contributed by atoms with E-state index >= 15 is 0 Å². The fourth-order valence-electron chi connectivity index (χ4n) is 3.23. The number of Topliss-reactive ketones (excluding diaryl/α,β-unsaturated/α-hetero) is 1. The second-order valence-electron chi connectivity index (χ2n) is 5.64. The molecule has 1 aliphatic carbocycles. The van der Waals surface area contributed by atoms with Crippen LogP contribution in [0.1, 0.15) is 37.7 Å². The molecule has 0 radical (unpaired) electrons. The maximum Gasteiger partial charge on any atom is 0.295 e. The molecule has 0 N–H and O–H groups in total. The number of carbonyl (C=O) groups is 1. The molecule has 0 spiro atoms. The standard InChI is InChI=1S/C17H17NO5/c1-10-16(18(20)21)15(11-5-3-6-12(9-11)22-2)13-7-4-8-14(19)17(13)23-10/h3,5-6,9,15H,4,7-8H2,1-2H3/t15-/m1/s1. The van der Waals surface area contributed by atoms with Gasteiger partial charge in [-0.2, -0.15) is 0 Å². The molecule has 0 saturated carbocycles. The molecule has 2 aliphatic rings. The number of benzene rings is 1. The summed E-state index contributed by atoms with van der Waals surface area (Å²) in [5.41, 5.74) is 1.43. The first-order valence-corrected chi connectivity index (χ1v) is 7.46. The molecular formula is C17H17NO5. The molecule has 1 heterocycles. The van der Waals surface area contributed by atoms with Gasteiger partial charge in [-0.15, -0.1) is 0 Å². The Morgan fingerprint density at radius 2 is 2.13 bits per heavy atom. The normalized spacial score (nSPS) is 21.0. The largest absolute Gasteiger partial charge is 0.497 e. The van der Waals surface area contributed by atoms with E-state index in [4.69, 9.17) is 9.47 Å². The van der Waals surface area contributed by atoms with Crippen molar-refractivity contribution >= 4 is 5.78 Å². The zero-order chi connectivity index (χ0) is 16.6. The molecule has 3 rings (SSSR count). The summed E-state index contributed by atoms with van der Waals surface area (Å²) < 4.78 is 10.7. The van der Waals surface area contributed by atoms with Crippen LogP contribution in [0.15, 0.2) is 47.1 Å². The van der Waals surface area contributed by atoms with Crippen LogP contribution in [0.25, 0.3) is 0 Å². The minimum atomic E-state index is -0.576. The lowest BCUT2D eigenvalue weighted by Gasteiger charge is -2.29. The number of rotatable bonds is 3. The Kier molecular flexibility index (Phi) is 3.90. The summed E-state index contributed by atoms with van der Waals surface area (Å²) in [5.74, 6) is 0.427. The second-order valence-corrected chi connectivity index (χ2v) is 5.64. The molecule has 120 valence electrons. The summed E-state index contributed by atoms with van der Waals surface area (Å²) >= 11 is 0. The van der Waals surface area contributed by atoms with Crippen molar-refractivity contribution in [2.75, 3.05) is 7.11 Å². The molecule has 6 nitrogen and oxygen atoms in total. The van der Waals surface area contributed by atoms with E-state index < -0.39 is 10.8 Å². The van der Waals surface area contributed by atoms with Gasteiger partial charge in [0.25, 0.3) is 5.70 Å². The van der Waals surface area contributed by atoms with Gasteiger partial charge in [0.15, 0.2) is 17.3 Å². The quantitative estimate of drug-likeness (QED) is 0.631. The topological polar surface area (TPSA) is 78.7 Å². The first kappa shape index (κ1) is 15.3. The van der Waals surface area contributed by atoms with Crippen LogP contribution in [0.3, 0.4) is 0 Å². The zero-order valence-corrected chi connectivity index (χ0v) is 13.0. The van der Waals surface area contributed by atoms with Crippen molar-refractivity contribution in [3.63, 3.8) is 0 Å². The molecular weight excluding hydrogens is 298 g/mol. The zero-order valence-electron chi connectivity index (χ0n) is 13.0. The van der Waals surface area contributed by atoms with Crippen LogP contribution < -0.4 is 4.74 Å². The molecule has 6 heteroatoms. The lowest BCUT2D eigenvalue weighted by molar-refractivity contribution is -0.433. The summed E-state index contributed by atoms with van der Waals surface area (Å²) in [4.78, 5) is 23.3. The Labute approximate surface area is 133 Å². The highest BCUT2D eigenvalue weighted by molar-refractivity contribution is 5.95.